The highest BCUT2D eigenvalue weighted by Crippen LogP contribution is 2.30. The lowest BCUT2D eigenvalue weighted by Crippen LogP contribution is -2.17. The number of amides is 2. The summed E-state index contributed by atoms with van der Waals surface area (Å²) in [4.78, 5) is 36.7. The largest absolute Gasteiger partial charge is 0.465 e. The molecule has 1 saturated carbocycles. The second kappa shape index (κ2) is 8.73. The smallest absolute Gasteiger partial charge is 0.339 e. The highest BCUT2D eigenvalue weighted by atomic mass is 32.2. The van der Waals surface area contributed by atoms with Crippen molar-refractivity contribution in [3.63, 3.8) is 0 Å². The van der Waals surface area contributed by atoms with Crippen molar-refractivity contribution in [2.45, 2.75) is 17.7 Å². The van der Waals surface area contributed by atoms with Gasteiger partial charge in [-0.2, -0.15) is 0 Å². The Bertz CT molecular complexity index is 865. The predicted molar refractivity (Wildman–Crippen MR) is 105 cm³/mol. The third-order valence-electron chi connectivity index (χ3n) is 4.03. The Morgan fingerprint density at radius 2 is 1.85 bits per heavy atom. The molecule has 0 unspecified atom stereocenters. The number of esters is 1. The molecule has 140 valence electrons. The Labute approximate surface area is 161 Å². The van der Waals surface area contributed by atoms with Crippen LogP contribution in [0.5, 0.6) is 0 Å². The normalized spacial score (nSPS) is 12.9. The molecule has 7 heteroatoms. The number of hydrogen-bond donors (Lipinski definition) is 2. The molecular weight excluding hydrogens is 364 g/mol. The summed E-state index contributed by atoms with van der Waals surface area (Å²) in [5, 5.41) is 5.63. The summed E-state index contributed by atoms with van der Waals surface area (Å²) in [7, 11) is 1.30. The number of hydrogen-bond acceptors (Lipinski definition) is 5. The fourth-order valence-corrected chi connectivity index (χ4v) is 3.22. The summed E-state index contributed by atoms with van der Waals surface area (Å²) >= 11 is 1.35. The van der Waals surface area contributed by atoms with Gasteiger partial charge in [0.05, 0.1) is 24.1 Å². The minimum atomic E-state index is -0.502. The van der Waals surface area contributed by atoms with E-state index in [9.17, 15) is 14.4 Å². The van der Waals surface area contributed by atoms with Crippen molar-refractivity contribution >= 4 is 40.9 Å². The molecule has 2 N–H and O–H groups in total. The summed E-state index contributed by atoms with van der Waals surface area (Å²) in [5.74, 6) is -0.368. The average Bonchev–Trinajstić information content (AvgIpc) is 3.52. The van der Waals surface area contributed by atoms with Crippen molar-refractivity contribution in [1.29, 1.82) is 0 Å². The van der Waals surface area contributed by atoms with Crippen LogP contribution in [-0.4, -0.2) is 30.6 Å². The molecule has 0 radical (unpaired) electrons. The van der Waals surface area contributed by atoms with Crippen molar-refractivity contribution in [2.75, 3.05) is 23.5 Å². The zero-order chi connectivity index (χ0) is 19.2. The number of ether oxygens (including phenoxy) is 1. The Hall–Kier alpha value is -2.80. The first kappa shape index (κ1) is 19.0. The van der Waals surface area contributed by atoms with Crippen molar-refractivity contribution < 1.29 is 19.1 Å². The van der Waals surface area contributed by atoms with Crippen LogP contribution < -0.4 is 10.6 Å². The van der Waals surface area contributed by atoms with Crippen LogP contribution >= 0.6 is 11.8 Å². The second-order valence-electron chi connectivity index (χ2n) is 6.17. The van der Waals surface area contributed by atoms with Crippen LogP contribution in [-0.2, 0) is 14.3 Å². The molecule has 1 fully saturated rings. The molecular formula is C20H20N2O4S. The first-order valence-corrected chi connectivity index (χ1v) is 9.56. The number of rotatable bonds is 7. The first-order chi connectivity index (χ1) is 13.1. The van der Waals surface area contributed by atoms with Gasteiger partial charge in [-0.25, -0.2) is 4.79 Å². The van der Waals surface area contributed by atoms with E-state index in [0.29, 0.717) is 11.3 Å². The third-order valence-corrected chi connectivity index (χ3v) is 5.02. The maximum absolute atomic E-state index is 12.3. The zero-order valence-electron chi connectivity index (χ0n) is 14.9. The highest BCUT2D eigenvalue weighted by Gasteiger charge is 2.29. The van der Waals surface area contributed by atoms with Crippen LogP contribution in [0, 0.1) is 5.92 Å². The van der Waals surface area contributed by atoms with Crippen molar-refractivity contribution in [3.05, 3.63) is 54.1 Å². The summed E-state index contributed by atoms with van der Waals surface area (Å²) in [5.41, 5.74) is 1.46. The van der Waals surface area contributed by atoms with Gasteiger partial charge in [-0.05, 0) is 43.2 Å². The van der Waals surface area contributed by atoms with Crippen molar-refractivity contribution in [3.8, 4) is 0 Å². The lowest BCUT2D eigenvalue weighted by molar-refractivity contribution is -0.117. The van der Waals surface area contributed by atoms with E-state index in [0.717, 1.165) is 23.4 Å². The van der Waals surface area contributed by atoms with E-state index in [4.69, 9.17) is 4.74 Å². The summed E-state index contributed by atoms with van der Waals surface area (Å²) < 4.78 is 4.72. The number of carbonyl (C=O) groups excluding carboxylic acids is 3. The predicted octanol–water partition coefficient (Wildman–Crippen LogP) is 3.55. The summed E-state index contributed by atoms with van der Waals surface area (Å²) in [6.45, 7) is 0. The zero-order valence-corrected chi connectivity index (χ0v) is 15.7. The minimum Gasteiger partial charge on any atom is -0.465 e. The number of carbonyl (C=O) groups is 3. The molecule has 0 saturated heterocycles. The maximum atomic E-state index is 12.3. The number of thioether (sulfide) groups is 1. The van der Waals surface area contributed by atoms with Crippen molar-refractivity contribution in [2.24, 2.45) is 5.92 Å². The van der Waals surface area contributed by atoms with E-state index < -0.39 is 5.97 Å². The SMILES string of the molecule is COC(=O)c1ccccc1NC(=O)CSc1cccc(NC(=O)C2CC2)c1. The molecule has 0 spiro atoms. The average molecular weight is 384 g/mol. The Morgan fingerprint density at radius 1 is 1.07 bits per heavy atom. The van der Waals surface area contributed by atoms with E-state index in [2.05, 4.69) is 10.6 Å². The van der Waals surface area contributed by atoms with Gasteiger partial charge in [0.2, 0.25) is 11.8 Å². The highest BCUT2D eigenvalue weighted by molar-refractivity contribution is 8.00. The third kappa shape index (κ3) is 5.34. The van der Waals surface area contributed by atoms with Crippen LogP contribution in [0.3, 0.4) is 0 Å². The van der Waals surface area contributed by atoms with E-state index in [-0.39, 0.29) is 23.5 Å². The standard InChI is InChI=1S/C20H20N2O4S/c1-26-20(25)16-7-2-3-8-17(16)22-18(23)12-27-15-6-4-5-14(11-15)21-19(24)13-9-10-13/h2-8,11,13H,9-10,12H2,1H3,(H,21,24)(H,22,23). The molecule has 0 bridgehead atoms. The fourth-order valence-electron chi connectivity index (χ4n) is 2.47. The first-order valence-electron chi connectivity index (χ1n) is 8.57. The molecule has 6 nitrogen and oxygen atoms in total. The number of anilines is 2. The number of para-hydroxylation sites is 1. The molecule has 2 amide bonds. The molecule has 0 aliphatic heterocycles. The molecule has 1 aliphatic carbocycles. The van der Waals surface area contributed by atoms with Gasteiger partial charge in [0.1, 0.15) is 0 Å². The lowest BCUT2D eigenvalue weighted by Gasteiger charge is -2.10. The fraction of sp³-hybridized carbons (Fsp3) is 0.250. The van der Waals surface area contributed by atoms with E-state index in [1.54, 1.807) is 24.3 Å². The van der Waals surface area contributed by atoms with Crippen molar-refractivity contribution in [1.82, 2.24) is 0 Å². The van der Waals surface area contributed by atoms with Crippen LogP contribution in [0.25, 0.3) is 0 Å². The molecule has 0 heterocycles. The molecule has 0 atom stereocenters. The molecule has 3 rings (SSSR count). The Balaban J connectivity index is 1.56. The van der Waals surface area contributed by atoms with Crippen LogP contribution in [0.4, 0.5) is 11.4 Å². The topological polar surface area (TPSA) is 84.5 Å². The quantitative estimate of drug-likeness (QED) is 0.563. The van der Waals surface area contributed by atoms with Gasteiger partial charge in [0.15, 0.2) is 0 Å². The van der Waals surface area contributed by atoms with Crippen LogP contribution in [0.2, 0.25) is 0 Å². The Morgan fingerprint density at radius 3 is 2.59 bits per heavy atom. The summed E-state index contributed by atoms with van der Waals surface area (Å²) in [6.07, 6.45) is 1.90. The van der Waals surface area contributed by atoms with Gasteiger partial charge >= 0.3 is 5.97 Å². The molecule has 2 aromatic carbocycles. The van der Waals surface area contributed by atoms with E-state index >= 15 is 0 Å². The van der Waals surface area contributed by atoms with Gasteiger partial charge in [0, 0.05) is 16.5 Å². The lowest BCUT2D eigenvalue weighted by atomic mass is 10.2. The summed E-state index contributed by atoms with van der Waals surface area (Å²) in [6, 6.07) is 14.1. The molecule has 2 aromatic rings. The Kier molecular flexibility index (Phi) is 6.13. The van der Waals surface area contributed by atoms with Crippen LogP contribution in [0.1, 0.15) is 23.2 Å². The molecule has 1 aliphatic rings. The van der Waals surface area contributed by atoms with E-state index in [1.165, 1.54) is 18.9 Å². The molecule has 27 heavy (non-hydrogen) atoms. The molecule has 0 aromatic heterocycles. The second-order valence-corrected chi connectivity index (χ2v) is 7.21. The maximum Gasteiger partial charge on any atom is 0.339 e. The van der Waals surface area contributed by atoms with Gasteiger partial charge in [-0.15, -0.1) is 11.8 Å². The van der Waals surface area contributed by atoms with E-state index in [1.807, 2.05) is 24.3 Å². The monoisotopic (exact) mass is 384 g/mol. The van der Waals surface area contributed by atoms with Gasteiger partial charge in [0.25, 0.3) is 0 Å². The number of methoxy groups -OCH3 is 1. The van der Waals surface area contributed by atoms with Gasteiger partial charge in [-0.1, -0.05) is 18.2 Å². The van der Waals surface area contributed by atoms with Crippen LogP contribution in [0.15, 0.2) is 53.4 Å². The van der Waals surface area contributed by atoms with Gasteiger partial charge in [-0.3, -0.25) is 9.59 Å². The minimum absolute atomic E-state index is 0.0503. The number of nitrogens with one attached hydrogen (secondary N) is 2. The van der Waals surface area contributed by atoms with Gasteiger partial charge < -0.3 is 15.4 Å². The number of benzene rings is 2.